The van der Waals surface area contributed by atoms with Crippen LogP contribution in [0, 0.1) is 0 Å². The molecule has 0 spiro atoms. The third kappa shape index (κ3) is 4.49. The Morgan fingerprint density at radius 2 is 1.75 bits per heavy atom. The highest BCUT2D eigenvalue weighted by atomic mass is 35.5. The lowest BCUT2D eigenvalue weighted by Crippen LogP contribution is -2.13. The number of methoxy groups -OCH3 is 1. The molecule has 0 aliphatic carbocycles. The van der Waals surface area contributed by atoms with Crippen LogP contribution >= 0.6 is 11.6 Å². The van der Waals surface area contributed by atoms with Gasteiger partial charge in [-0.25, -0.2) is 4.79 Å². The summed E-state index contributed by atoms with van der Waals surface area (Å²) in [6.07, 6.45) is 0.852. The second-order valence-electron chi connectivity index (χ2n) is 5.01. The van der Waals surface area contributed by atoms with E-state index in [1.807, 2.05) is 6.92 Å². The number of nitrogens with one attached hydrogen (secondary N) is 1. The zero-order valence-electron chi connectivity index (χ0n) is 13.5. The fourth-order valence-electron chi connectivity index (χ4n) is 2.01. The molecule has 2 aromatic rings. The van der Waals surface area contributed by atoms with Crippen LogP contribution in [0.3, 0.4) is 0 Å². The van der Waals surface area contributed by atoms with Gasteiger partial charge >= 0.3 is 5.97 Å². The van der Waals surface area contributed by atoms with Crippen molar-refractivity contribution in [1.29, 1.82) is 0 Å². The first-order valence-electron chi connectivity index (χ1n) is 7.47. The zero-order chi connectivity index (χ0) is 17.5. The largest absolute Gasteiger partial charge is 0.491 e. The van der Waals surface area contributed by atoms with Crippen molar-refractivity contribution >= 4 is 29.2 Å². The number of halogens is 1. The van der Waals surface area contributed by atoms with Gasteiger partial charge in [0.1, 0.15) is 5.75 Å². The molecule has 0 saturated heterocycles. The van der Waals surface area contributed by atoms with Crippen LogP contribution in [0.15, 0.2) is 42.5 Å². The van der Waals surface area contributed by atoms with Gasteiger partial charge in [0.25, 0.3) is 5.91 Å². The molecule has 2 aromatic carbocycles. The molecule has 24 heavy (non-hydrogen) atoms. The van der Waals surface area contributed by atoms with Crippen LogP contribution in [-0.4, -0.2) is 25.6 Å². The van der Waals surface area contributed by atoms with Gasteiger partial charge in [-0.15, -0.1) is 0 Å². The fourth-order valence-corrected chi connectivity index (χ4v) is 2.18. The van der Waals surface area contributed by atoms with Crippen molar-refractivity contribution in [2.75, 3.05) is 19.0 Å². The van der Waals surface area contributed by atoms with E-state index in [1.165, 1.54) is 19.2 Å². The minimum absolute atomic E-state index is 0.324. The Kier molecular flexibility index (Phi) is 6.21. The van der Waals surface area contributed by atoms with Crippen molar-refractivity contribution in [3.63, 3.8) is 0 Å². The number of carbonyl (C=O) groups is 2. The van der Waals surface area contributed by atoms with E-state index in [4.69, 9.17) is 16.3 Å². The van der Waals surface area contributed by atoms with Crippen molar-refractivity contribution in [3.8, 4) is 5.75 Å². The highest BCUT2D eigenvalue weighted by molar-refractivity contribution is 6.31. The summed E-state index contributed by atoms with van der Waals surface area (Å²) in [5.74, 6) is -0.220. The molecule has 1 N–H and O–H groups in total. The molecule has 0 aromatic heterocycles. The maximum Gasteiger partial charge on any atom is 0.337 e. The molecule has 0 aliphatic heterocycles. The van der Waals surface area contributed by atoms with Gasteiger partial charge in [-0.3, -0.25) is 4.79 Å². The van der Waals surface area contributed by atoms with Crippen LogP contribution < -0.4 is 10.1 Å². The predicted octanol–water partition coefficient (Wildman–Crippen LogP) is 4.17. The zero-order valence-corrected chi connectivity index (χ0v) is 14.2. The number of anilines is 1. The van der Waals surface area contributed by atoms with Crippen molar-refractivity contribution in [2.24, 2.45) is 0 Å². The van der Waals surface area contributed by atoms with Gasteiger partial charge in [0.05, 0.1) is 25.0 Å². The van der Waals surface area contributed by atoms with Gasteiger partial charge in [0.2, 0.25) is 0 Å². The fraction of sp³-hybridized carbons (Fsp3) is 0.222. The van der Waals surface area contributed by atoms with E-state index in [9.17, 15) is 9.59 Å². The second kappa shape index (κ2) is 8.36. The van der Waals surface area contributed by atoms with Crippen molar-refractivity contribution in [1.82, 2.24) is 0 Å². The molecule has 0 aliphatic rings. The van der Waals surface area contributed by atoms with Crippen molar-refractivity contribution in [3.05, 3.63) is 58.6 Å². The summed E-state index contributed by atoms with van der Waals surface area (Å²) in [5, 5.41) is 3.27. The molecular formula is C18H18ClNO4. The third-order valence-corrected chi connectivity index (χ3v) is 3.45. The second-order valence-corrected chi connectivity index (χ2v) is 5.45. The SMILES string of the molecule is CCCOc1ccc(Cl)cc1NC(=O)c1ccc(C(=O)OC)cc1. The Balaban J connectivity index is 2.17. The summed E-state index contributed by atoms with van der Waals surface area (Å²) in [5.41, 5.74) is 1.28. The summed E-state index contributed by atoms with van der Waals surface area (Å²) in [6, 6.07) is 11.2. The number of rotatable bonds is 6. The van der Waals surface area contributed by atoms with Crippen molar-refractivity contribution in [2.45, 2.75) is 13.3 Å². The Labute approximate surface area is 145 Å². The molecule has 0 heterocycles. The minimum Gasteiger partial charge on any atom is -0.491 e. The average Bonchev–Trinajstić information content (AvgIpc) is 2.60. The van der Waals surface area contributed by atoms with Gasteiger partial charge < -0.3 is 14.8 Å². The highest BCUT2D eigenvalue weighted by Crippen LogP contribution is 2.28. The summed E-state index contributed by atoms with van der Waals surface area (Å²) >= 11 is 5.99. The molecular weight excluding hydrogens is 330 g/mol. The molecule has 2 rings (SSSR count). The van der Waals surface area contributed by atoms with E-state index in [0.717, 1.165) is 6.42 Å². The van der Waals surface area contributed by atoms with Gasteiger partial charge in [-0.05, 0) is 48.9 Å². The quantitative estimate of drug-likeness (QED) is 0.796. The number of hydrogen-bond acceptors (Lipinski definition) is 4. The molecule has 0 radical (unpaired) electrons. The standard InChI is InChI=1S/C18H18ClNO4/c1-3-10-24-16-9-8-14(19)11-15(16)20-17(21)12-4-6-13(7-5-12)18(22)23-2/h4-9,11H,3,10H2,1-2H3,(H,20,21). The van der Waals surface area contributed by atoms with E-state index in [2.05, 4.69) is 10.1 Å². The normalized spacial score (nSPS) is 10.1. The number of benzene rings is 2. The maximum absolute atomic E-state index is 12.4. The first-order valence-corrected chi connectivity index (χ1v) is 7.85. The predicted molar refractivity (Wildman–Crippen MR) is 93.0 cm³/mol. The number of hydrogen-bond donors (Lipinski definition) is 1. The van der Waals surface area contributed by atoms with Crippen LogP contribution in [0.1, 0.15) is 34.1 Å². The highest BCUT2D eigenvalue weighted by Gasteiger charge is 2.12. The van der Waals surface area contributed by atoms with E-state index >= 15 is 0 Å². The smallest absolute Gasteiger partial charge is 0.337 e. The van der Waals surface area contributed by atoms with Gasteiger partial charge in [-0.2, -0.15) is 0 Å². The number of amides is 1. The first kappa shape index (κ1) is 17.8. The topological polar surface area (TPSA) is 64.6 Å². The van der Waals surface area contributed by atoms with E-state index in [1.54, 1.807) is 30.3 Å². The Bertz CT molecular complexity index is 728. The Morgan fingerprint density at radius 3 is 2.38 bits per heavy atom. The van der Waals surface area contributed by atoms with Gasteiger partial charge in [0, 0.05) is 10.6 Å². The Morgan fingerprint density at radius 1 is 1.08 bits per heavy atom. The first-order chi connectivity index (χ1) is 11.5. The lowest BCUT2D eigenvalue weighted by molar-refractivity contribution is 0.0600. The van der Waals surface area contributed by atoms with Crippen LogP contribution in [0.25, 0.3) is 0 Å². The summed E-state index contributed by atoms with van der Waals surface area (Å²) < 4.78 is 10.2. The van der Waals surface area contributed by atoms with Crippen LogP contribution in [0.5, 0.6) is 5.75 Å². The van der Waals surface area contributed by atoms with Gasteiger partial charge in [0.15, 0.2) is 0 Å². The molecule has 0 saturated carbocycles. The Hall–Kier alpha value is -2.53. The molecule has 5 nitrogen and oxygen atoms in total. The molecule has 6 heteroatoms. The summed E-state index contributed by atoms with van der Waals surface area (Å²) in [6.45, 7) is 2.54. The number of esters is 1. The molecule has 0 fully saturated rings. The summed E-state index contributed by atoms with van der Waals surface area (Å²) in [7, 11) is 1.31. The third-order valence-electron chi connectivity index (χ3n) is 3.22. The molecule has 0 unspecified atom stereocenters. The van der Waals surface area contributed by atoms with Crippen LogP contribution in [0.2, 0.25) is 5.02 Å². The molecule has 0 bridgehead atoms. The van der Waals surface area contributed by atoms with Crippen molar-refractivity contribution < 1.29 is 19.1 Å². The monoisotopic (exact) mass is 347 g/mol. The number of ether oxygens (including phenoxy) is 2. The van der Waals surface area contributed by atoms with E-state index in [-0.39, 0.29) is 5.91 Å². The summed E-state index contributed by atoms with van der Waals surface area (Å²) in [4.78, 5) is 23.8. The lowest BCUT2D eigenvalue weighted by Gasteiger charge is -2.12. The maximum atomic E-state index is 12.4. The minimum atomic E-state index is -0.452. The molecule has 1 amide bonds. The average molecular weight is 348 g/mol. The van der Waals surface area contributed by atoms with E-state index in [0.29, 0.717) is 34.2 Å². The van der Waals surface area contributed by atoms with E-state index < -0.39 is 5.97 Å². The van der Waals surface area contributed by atoms with Crippen LogP contribution in [-0.2, 0) is 4.74 Å². The van der Waals surface area contributed by atoms with Crippen LogP contribution in [0.4, 0.5) is 5.69 Å². The van der Waals surface area contributed by atoms with Gasteiger partial charge in [-0.1, -0.05) is 18.5 Å². The molecule has 126 valence electrons. The lowest BCUT2D eigenvalue weighted by atomic mass is 10.1. The number of carbonyl (C=O) groups excluding carboxylic acids is 2. The molecule has 0 atom stereocenters.